The topological polar surface area (TPSA) is 9.23 Å². The van der Waals surface area contributed by atoms with Crippen molar-refractivity contribution in [2.75, 3.05) is 0 Å². The zero-order valence-electron chi connectivity index (χ0n) is 9.65. The van der Waals surface area contributed by atoms with Crippen LogP contribution >= 0.6 is 0 Å². The normalized spacial score (nSPS) is 24.9. The second-order valence-electron chi connectivity index (χ2n) is 4.93. The molecule has 1 spiro atoms. The van der Waals surface area contributed by atoms with Crippen LogP contribution in [0.2, 0.25) is 0 Å². The van der Waals surface area contributed by atoms with E-state index in [9.17, 15) is 0 Å². The molecule has 1 nitrogen and oxygen atoms in total. The third kappa shape index (κ3) is 1.12. The van der Waals surface area contributed by atoms with Crippen molar-refractivity contribution in [3.63, 3.8) is 0 Å². The van der Waals surface area contributed by atoms with Gasteiger partial charge in [-0.25, -0.2) is 0 Å². The van der Waals surface area contributed by atoms with Crippen molar-refractivity contribution >= 4 is 0 Å². The van der Waals surface area contributed by atoms with Gasteiger partial charge in [0.25, 0.3) is 0 Å². The molecule has 2 aromatic rings. The summed E-state index contributed by atoms with van der Waals surface area (Å²) in [5, 5.41) is 0. The lowest BCUT2D eigenvalue weighted by Gasteiger charge is -2.25. The molecule has 1 heteroatoms. The van der Waals surface area contributed by atoms with Crippen LogP contribution in [0.3, 0.4) is 0 Å². The number of aryl methyl sites for hydroxylation is 1. The van der Waals surface area contributed by atoms with Gasteiger partial charge in [0, 0.05) is 0 Å². The predicted octanol–water partition coefficient (Wildman–Crippen LogP) is 3.41. The molecular formula is C16H14O. The second-order valence-corrected chi connectivity index (χ2v) is 4.93. The first-order valence-corrected chi connectivity index (χ1v) is 6.21. The zero-order valence-corrected chi connectivity index (χ0v) is 9.65. The minimum Gasteiger partial charge on any atom is -0.361 e. The fraction of sp³-hybridized carbons (Fsp3) is 0.250. The van der Waals surface area contributed by atoms with E-state index in [1.807, 2.05) is 0 Å². The molecule has 1 aliphatic carbocycles. The van der Waals surface area contributed by atoms with Crippen molar-refractivity contribution in [1.29, 1.82) is 0 Å². The van der Waals surface area contributed by atoms with Crippen LogP contribution in [-0.4, -0.2) is 0 Å². The Labute approximate surface area is 101 Å². The molecule has 84 valence electrons. The maximum atomic E-state index is 6.20. The van der Waals surface area contributed by atoms with E-state index < -0.39 is 0 Å². The third-order valence-electron chi connectivity index (χ3n) is 4.13. The van der Waals surface area contributed by atoms with Crippen LogP contribution in [0.1, 0.15) is 28.7 Å². The summed E-state index contributed by atoms with van der Waals surface area (Å²) in [4.78, 5) is 0. The minimum absolute atomic E-state index is 0.146. The summed E-state index contributed by atoms with van der Waals surface area (Å²) in [6.45, 7) is 0.754. The molecule has 1 unspecified atom stereocenters. The number of ether oxygens (including phenoxy) is 1. The molecule has 0 saturated heterocycles. The molecule has 17 heavy (non-hydrogen) atoms. The van der Waals surface area contributed by atoms with Gasteiger partial charge in [-0.15, -0.1) is 0 Å². The molecule has 0 saturated carbocycles. The molecule has 0 fully saturated rings. The van der Waals surface area contributed by atoms with Gasteiger partial charge in [-0.05, 0) is 35.1 Å². The smallest absolute Gasteiger partial charge is 0.119 e. The van der Waals surface area contributed by atoms with E-state index in [0.29, 0.717) is 0 Å². The zero-order chi connectivity index (χ0) is 11.3. The van der Waals surface area contributed by atoms with Gasteiger partial charge < -0.3 is 4.74 Å². The molecule has 0 N–H and O–H groups in total. The van der Waals surface area contributed by atoms with E-state index in [0.717, 1.165) is 19.4 Å². The molecular weight excluding hydrogens is 208 g/mol. The van der Waals surface area contributed by atoms with Gasteiger partial charge in [0.1, 0.15) is 5.60 Å². The number of hydrogen-bond donors (Lipinski definition) is 0. The van der Waals surface area contributed by atoms with Crippen LogP contribution in [-0.2, 0) is 23.4 Å². The summed E-state index contributed by atoms with van der Waals surface area (Å²) in [7, 11) is 0. The van der Waals surface area contributed by atoms with Crippen LogP contribution in [0.4, 0.5) is 0 Å². The Bertz CT molecular complexity index is 532. The van der Waals surface area contributed by atoms with E-state index in [1.54, 1.807) is 0 Å². The van der Waals surface area contributed by atoms with Crippen LogP contribution in [0.15, 0.2) is 48.5 Å². The largest absolute Gasteiger partial charge is 0.361 e. The number of hydrogen-bond acceptors (Lipinski definition) is 1. The molecule has 4 rings (SSSR count). The third-order valence-corrected chi connectivity index (χ3v) is 4.13. The van der Waals surface area contributed by atoms with Gasteiger partial charge in [-0.3, -0.25) is 0 Å². The van der Waals surface area contributed by atoms with Gasteiger partial charge >= 0.3 is 0 Å². The minimum atomic E-state index is -0.146. The maximum absolute atomic E-state index is 6.20. The summed E-state index contributed by atoms with van der Waals surface area (Å²) in [6, 6.07) is 17.3. The Balaban J connectivity index is 1.97. The quantitative estimate of drug-likeness (QED) is 0.663. The van der Waals surface area contributed by atoms with Crippen molar-refractivity contribution in [2.45, 2.75) is 25.0 Å². The average Bonchev–Trinajstić information content (AvgIpc) is 2.95. The van der Waals surface area contributed by atoms with Crippen LogP contribution in [0.5, 0.6) is 0 Å². The van der Waals surface area contributed by atoms with Gasteiger partial charge in [0.2, 0.25) is 0 Å². The molecule has 1 atom stereocenters. The second kappa shape index (κ2) is 3.21. The Kier molecular flexibility index (Phi) is 1.78. The summed E-state index contributed by atoms with van der Waals surface area (Å²) in [5.41, 5.74) is 5.41. The predicted molar refractivity (Wildman–Crippen MR) is 66.8 cm³/mol. The number of rotatable bonds is 0. The highest BCUT2D eigenvalue weighted by atomic mass is 16.5. The van der Waals surface area contributed by atoms with Gasteiger partial charge in [0.05, 0.1) is 6.61 Å². The van der Waals surface area contributed by atoms with Crippen molar-refractivity contribution in [3.8, 4) is 0 Å². The average molecular weight is 222 g/mol. The monoisotopic (exact) mass is 222 g/mol. The SMILES string of the molecule is c1ccc2c(c1)CCC21OCc2ccccc21. The van der Waals surface area contributed by atoms with Crippen LogP contribution in [0.25, 0.3) is 0 Å². The van der Waals surface area contributed by atoms with Gasteiger partial charge in [-0.2, -0.15) is 0 Å². The summed E-state index contributed by atoms with van der Waals surface area (Å²) < 4.78 is 6.20. The standard InChI is InChI=1S/C16H14O/c1-3-7-14-12(5-1)9-10-16(14)15-8-4-2-6-13(15)11-17-16/h1-8H,9-11H2. The first-order chi connectivity index (χ1) is 8.40. The molecule has 1 aliphatic heterocycles. The maximum Gasteiger partial charge on any atom is 0.119 e. The summed E-state index contributed by atoms with van der Waals surface area (Å²) >= 11 is 0. The molecule has 0 bridgehead atoms. The van der Waals surface area contributed by atoms with Gasteiger partial charge in [-0.1, -0.05) is 48.5 Å². The summed E-state index contributed by atoms with van der Waals surface area (Å²) in [5.74, 6) is 0. The fourth-order valence-corrected chi connectivity index (χ4v) is 3.33. The molecule has 2 aliphatic rings. The van der Waals surface area contributed by atoms with E-state index in [4.69, 9.17) is 4.74 Å². The lowest BCUT2D eigenvalue weighted by atomic mass is 9.87. The Hall–Kier alpha value is -1.60. The highest BCUT2D eigenvalue weighted by molar-refractivity contribution is 5.50. The lowest BCUT2D eigenvalue weighted by Crippen LogP contribution is -2.23. The highest BCUT2D eigenvalue weighted by Crippen LogP contribution is 2.50. The Morgan fingerprint density at radius 3 is 2.29 bits per heavy atom. The van der Waals surface area contributed by atoms with E-state index in [1.165, 1.54) is 22.3 Å². The molecule has 0 aromatic heterocycles. The first-order valence-electron chi connectivity index (χ1n) is 6.21. The van der Waals surface area contributed by atoms with Crippen molar-refractivity contribution in [1.82, 2.24) is 0 Å². The van der Waals surface area contributed by atoms with Crippen molar-refractivity contribution < 1.29 is 4.74 Å². The van der Waals surface area contributed by atoms with E-state index in [-0.39, 0.29) is 5.60 Å². The lowest BCUT2D eigenvalue weighted by molar-refractivity contribution is -0.00352. The molecule has 0 radical (unpaired) electrons. The van der Waals surface area contributed by atoms with Crippen LogP contribution < -0.4 is 0 Å². The van der Waals surface area contributed by atoms with Crippen molar-refractivity contribution in [3.05, 3.63) is 70.8 Å². The number of fused-ring (bicyclic) bond motifs is 4. The molecule has 1 heterocycles. The molecule has 0 amide bonds. The molecule has 2 aromatic carbocycles. The van der Waals surface area contributed by atoms with Gasteiger partial charge in [0.15, 0.2) is 0 Å². The Morgan fingerprint density at radius 1 is 0.824 bits per heavy atom. The first kappa shape index (κ1) is 9.43. The Morgan fingerprint density at radius 2 is 1.47 bits per heavy atom. The van der Waals surface area contributed by atoms with E-state index in [2.05, 4.69) is 48.5 Å². The summed E-state index contributed by atoms with van der Waals surface area (Å²) in [6.07, 6.45) is 2.22. The van der Waals surface area contributed by atoms with E-state index >= 15 is 0 Å². The number of benzene rings is 2. The fourth-order valence-electron chi connectivity index (χ4n) is 3.33. The van der Waals surface area contributed by atoms with Crippen molar-refractivity contribution in [2.24, 2.45) is 0 Å². The van der Waals surface area contributed by atoms with Crippen LogP contribution in [0, 0.1) is 0 Å². The highest BCUT2D eigenvalue weighted by Gasteiger charge is 2.45.